The molecular weight excluding hydrogens is 170 g/mol. The zero-order chi connectivity index (χ0) is 2.71. The largest absolute Gasteiger partial charge is 1.00 e. The summed E-state index contributed by atoms with van der Waals surface area (Å²) in [6.07, 6.45) is 0. The summed E-state index contributed by atoms with van der Waals surface area (Å²) < 4.78 is 0. The Morgan fingerprint density at radius 1 is 1.40 bits per heavy atom. The van der Waals surface area contributed by atoms with Crippen LogP contribution in [-0.2, 0) is 0 Å². The Hall–Kier alpha value is 1.14. The Kier molecular flexibility index (Phi) is 63.3. The predicted octanol–water partition coefficient (Wildman–Crippen LogP) is -5.40. The van der Waals surface area contributed by atoms with Gasteiger partial charge in [-0.15, -0.1) is 0 Å². The fraction of sp³-hybridized carbons (Fsp3) is 1.00. The summed E-state index contributed by atoms with van der Waals surface area (Å²) in [5.41, 5.74) is 0. The summed E-state index contributed by atoms with van der Waals surface area (Å²) >= 11 is 2.47. The molecule has 0 aromatic heterocycles. The number of rotatable bonds is 0. The van der Waals surface area contributed by atoms with Crippen molar-refractivity contribution in [2.45, 2.75) is 12.1 Å². The molecule has 0 saturated carbocycles. The van der Waals surface area contributed by atoms with Crippen molar-refractivity contribution in [2.24, 2.45) is 0 Å². The van der Waals surface area contributed by atoms with Crippen LogP contribution in [0.1, 0.15) is 6.92 Å². The summed E-state index contributed by atoms with van der Waals surface area (Å²) in [6, 6.07) is 0. The quantitative estimate of drug-likeness (QED) is 0.322. The molecule has 34 valence electrons. The van der Waals surface area contributed by atoms with E-state index in [2.05, 4.69) is 23.8 Å². The fourth-order valence-corrected chi connectivity index (χ4v) is 0. The summed E-state index contributed by atoms with van der Waals surface area (Å²) in [5, 5.41) is 1.19. The third kappa shape index (κ3) is 39.1. The van der Waals surface area contributed by atoms with E-state index in [9.17, 15) is 0 Å². The topological polar surface area (TPSA) is 0 Å². The van der Waals surface area contributed by atoms with Crippen molar-refractivity contribution in [1.29, 1.82) is 0 Å². The minimum Gasteiger partial charge on any atom is -1.00 e. The van der Waals surface area contributed by atoms with Crippen LogP contribution in [-0.4, -0.2) is 16.9 Å². The van der Waals surface area contributed by atoms with Crippen LogP contribution in [0, 0.1) is 0 Å². The summed E-state index contributed by atoms with van der Waals surface area (Å²) in [6.45, 7) is 2.10. The van der Waals surface area contributed by atoms with Gasteiger partial charge in [0.15, 0.2) is 0 Å². The van der Waals surface area contributed by atoms with Gasteiger partial charge < -0.3 is 24.8 Å². The van der Waals surface area contributed by atoms with Crippen molar-refractivity contribution in [1.82, 2.24) is 0 Å². The maximum absolute atomic E-state index is 2.47. The van der Waals surface area contributed by atoms with Gasteiger partial charge >= 0.3 is 29.0 Å². The van der Waals surface area contributed by atoms with Gasteiger partial charge in [-0.25, -0.2) is 0 Å². The van der Waals surface area contributed by atoms with Crippen molar-refractivity contribution in [2.75, 3.05) is 0 Å². The minimum atomic E-state index is 0. The van der Waals surface area contributed by atoms with Crippen molar-refractivity contribution < 1.29 is 24.8 Å². The second-order valence-electron chi connectivity index (χ2n) is 0.316. The van der Waals surface area contributed by atoms with E-state index in [1.54, 1.807) is 0 Å². The van der Waals surface area contributed by atoms with Gasteiger partial charge in [-0.2, -0.15) is 0 Å². The molecule has 0 rings (SSSR count). The molecule has 0 heterocycles. The number of halogens is 2. The van der Waals surface area contributed by atoms with Gasteiger partial charge in [-0.3, -0.25) is 0 Å². The molecule has 0 fully saturated rings. The van der Waals surface area contributed by atoms with Crippen LogP contribution in [0.5, 0.6) is 0 Å². The van der Waals surface area contributed by atoms with Crippen LogP contribution >= 0.6 is 0 Å². The van der Waals surface area contributed by atoms with Gasteiger partial charge in [0, 0.05) is 0 Å². The van der Waals surface area contributed by atoms with Crippen LogP contribution in [0.25, 0.3) is 0 Å². The van der Waals surface area contributed by atoms with Gasteiger partial charge in [-0.1, -0.05) is 0 Å². The molecule has 0 unspecified atom stereocenters. The Balaban J connectivity index is -0.0000000200. The standard InChI is InChI=1S/C2H5As.2ClH/c1-2-3;;/h2H2,1H3;2*1H/p-2. The van der Waals surface area contributed by atoms with Gasteiger partial charge in [0.25, 0.3) is 0 Å². The first-order chi connectivity index (χ1) is 1.41. The van der Waals surface area contributed by atoms with Gasteiger partial charge in [0.2, 0.25) is 0 Å². The van der Waals surface area contributed by atoms with E-state index in [1.165, 1.54) is 5.21 Å². The van der Waals surface area contributed by atoms with Crippen molar-refractivity contribution in [3.05, 3.63) is 0 Å². The Morgan fingerprint density at radius 2 is 1.40 bits per heavy atom. The molecule has 0 aromatic carbocycles. The average Bonchev–Trinajstić information content (AvgIpc) is 0.918. The molecule has 0 nitrogen and oxygen atoms in total. The monoisotopic (exact) mass is 174 g/mol. The maximum Gasteiger partial charge on any atom is -1.00 e. The molecular formula is C2H5AsCl2-2. The summed E-state index contributed by atoms with van der Waals surface area (Å²) in [7, 11) is 0. The molecule has 0 aliphatic rings. The Labute approximate surface area is 54.0 Å². The zero-order valence-electron chi connectivity index (χ0n) is 2.91. The average molecular weight is 175 g/mol. The molecule has 0 saturated heterocycles. The maximum atomic E-state index is 2.47. The van der Waals surface area contributed by atoms with E-state index in [4.69, 9.17) is 0 Å². The first kappa shape index (κ1) is 16.5. The molecule has 0 aliphatic heterocycles. The van der Waals surface area contributed by atoms with E-state index in [0.29, 0.717) is 0 Å². The fourth-order valence-electron chi connectivity index (χ4n) is 0. The normalized spacial score (nSPS) is 3.60. The molecule has 5 heavy (non-hydrogen) atoms. The first-order valence-corrected chi connectivity index (χ1v) is 2.35. The molecule has 2 radical (unpaired) electrons. The molecule has 0 aromatic rings. The summed E-state index contributed by atoms with van der Waals surface area (Å²) in [5.74, 6) is 0. The van der Waals surface area contributed by atoms with Crippen molar-refractivity contribution in [3.63, 3.8) is 0 Å². The molecule has 0 N–H and O–H groups in total. The minimum absolute atomic E-state index is 0. The third-order valence-corrected chi connectivity index (χ3v) is 0. The van der Waals surface area contributed by atoms with Crippen LogP contribution in [0.4, 0.5) is 0 Å². The Bertz CT molecular complexity index is 7.61. The second kappa shape index (κ2) is 19.2. The van der Waals surface area contributed by atoms with E-state index >= 15 is 0 Å². The number of hydrogen-bond acceptors (Lipinski definition) is 0. The van der Waals surface area contributed by atoms with Gasteiger partial charge in [0.05, 0.1) is 0 Å². The van der Waals surface area contributed by atoms with Crippen molar-refractivity contribution in [3.8, 4) is 0 Å². The van der Waals surface area contributed by atoms with E-state index in [-0.39, 0.29) is 24.8 Å². The SMILES string of the molecule is CC[As].[Cl-].[Cl-]. The molecule has 0 bridgehead atoms. The molecule has 0 aliphatic carbocycles. The molecule has 0 spiro atoms. The number of hydrogen-bond donors (Lipinski definition) is 0. The Morgan fingerprint density at radius 3 is 1.40 bits per heavy atom. The van der Waals surface area contributed by atoms with E-state index < -0.39 is 0 Å². The summed E-state index contributed by atoms with van der Waals surface area (Å²) in [4.78, 5) is 0. The van der Waals surface area contributed by atoms with Crippen molar-refractivity contribution >= 4 is 16.9 Å². The third-order valence-electron chi connectivity index (χ3n) is 0. The van der Waals surface area contributed by atoms with Gasteiger partial charge in [-0.05, 0) is 0 Å². The van der Waals surface area contributed by atoms with E-state index in [1.807, 2.05) is 0 Å². The van der Waals surface area contributed by atoms with E-state index in [0.717, 1.165) is 0 Å². The predicted molar refractivity (Wildman–Crippen MR) is 16.2 cm³/mol. The second-order valence-corrected chi connectivity index (χ2v) is 1.64. The van der Waals surface area contributed by atoms with Crippen LogP contribution in [0.15, 0.2) is 0 Å². The van der Waals surface area contributed by atoms with Crippen LogP contribution in [0.2, 0.25) is 5.21 Å². The zero-order valence-corrected chi connectivity index (χ0v) is 6.30. The van der Waals surface area contributed by atoms with Crippen LogP contribution in [0.3, 0.4) is 0 Å². The smallest absolute Gasteiger partial charge is 1.00 e. The molecule has 0 amide bonds. The van der Waals surface area contributed by atoms with Gasteiger partial charge in [0.1, 0.15) is 0 Å². The molecule has 0 atom stereocenters. The van der Waals surface area contributed by atoms with Crippen LogP contribution < -0.4 is 24.8 Å². The first-order valence-electron chi connectivity index (χ1n) is 1.02. The molecule has 3 heteroatoms.